The highest BCUT2D eigenvalue weighted by molar-refractivity contribution is 5.91. The predicted molar refractivity (Wildman–Crippen MR) is 82.4 cm³/mol. The first kappa shape index (κ1) is 13.4. The smallest absolute Gasteiger partial charge is 0.127 e. The second-order valence-corrected chi connectivity index (χ2v) is 5.49. The lowest BCUT2D eigenvalue weighted by Gasteiger charge is -2.12. The quantitative estimate of drug-likeness (QED) is 0.551. The molecule has 0 aliphatic carbocycles. The van der Waals surface area contributed by atoms with Crippen LogP contribution in [0.1, 0.15) is 31.7 Å². The van der Waals surface area contributed by atoms with Crippen LogP contribution in [-0.2, 0) is 11.2 Å². The van der Waals surface area contributed by atoms with Crippen molar-refractivity contribution in [2.45, 2.75) is 38.7 Å². The van der Waals surface area contributed by atoms with Gasteiger partial charge in [0.05, 0.1) is 6.61 Å². The van der Waals surface area contributed by atoms with Crippen molar-refractivity contribution in [1.29, 1.82) is 0 Å². The highest BCUT2D eigenvalue weighted by atomic mass is 16.6. The zero-order valence-corrected chi connectivity index (χ0v) is 12.1. The van der Waals surface area contributed by atoms with E-state index in [-0.39, 0.29) is 0 Å². The molecule has 0 saturated carbocycles. The lowest BCUT2D eigenvalue weighted by molar-refractivity contribution is 0.265. The number of fused-ring (bicyclic) bond motifs is 1. The molecular weight excluding hydrogens is 248 g/mol. The van der Waals surface area contributed by atoms with Crippen LogP contribution >= 0.6 is 0 Å². The second kappa shape index (κ2) is 6.27. The van der Waals surface area contributed by atoms with Crippen LogP contribution in [0.3, 0.4) is 0 Å². The maximum atomic E-state index is 5.90. The van der Waals surface area contributed by atoms with E-state index in [0.29, 0.717) is 12.7 Å². The van der Waals surface area contributed by atoms with Crippen molar-refractivity contribution >= 4 is 10.8 Å². The van der Waals surface area contributed by atoms with Crippen LogP contribution in [0.2, 0.25) is 0 Å². The van der Waals surface area contributed by atoms with E-state index in [0.717, 1.165) is 18.8 Å². The fraction of sp³-hybridized carbons (Fsp3) is 0.444. The van der Waals surface area contributed by atoms with E-state index < -0.39 is 0 Å². The molecule has 1 atom stereocenters. The zero-order valence-electron chi connectivity index (χ0n) is 12.1. The van der Waals surface area contributed by atoms with Gasteiger partial charge in [-0.15, -0.1) is 0 Å². The number of epoxide rings is 1. The van der Waals surface area contributed by atoms with Crippen LogP contribution in [0, 0.1) is 0 Å². The van der Waals surface area contributed by atoms with E-state index in [1.165, 1.54) is 35.6 Å². The van der Waals surface area contributed by atoms with Crippen molar-refractivity contribution in [3.63, 3.8) is 0 Å². The van der Waals surface area contributed by atoms with Crippen LogP contribution in [0.4, 0.5) is 0 Å². The van der Waals surface area contributed by atoms with Crippen molar-refractivity contribution in [2.75, 3.05) is 13.2 Å². The molecule has 3 rings (SSSR count). The van der Waals surface area contributed by atoms with Gasteiger partial charge in [-0.05, 0) is 29.9 Å². The number of hydrogen-bond acceptors (Lipinski definition) is 2. The van der Waals surface area contributed by atoms with Crippen LogP contribution in [0.15, 0.2) is 36.4 Å². The Morgan fingerprint density at radius 3 is 2.65 bits per heavy atom. The van der Waals surface area contributed by atoms with Crippen molar-refractivity contribution in [3.8, 4) is 5.75 Å². The molecule has 1 unspecified atom stereocenters. The van der Waals surface area contributed by atoms with E-state index >= 15 is 0 Å². The molecule has 0 aromatic heterocycles. The third-order valence-corrected chi connectivity index (χ3v) is 3.85. The summed E-state index contributed by atoms with van der Waals surface area (Å²) in [6, 6.07) is 12.9. The van der Waals surface area contributed by atoms with E-state index in [4.69, 9.17) is 9.47 Å². The molecule has 1 heterocycles. The first-order chi connectivity index (χ1) is 9.88. The number of hydrogen-bond donors (Lipinski definition) is 0. The maximum Gasteiger partial charge on any atom is 0.127 e. The first-order valence-corrected chi connectivity index (χ1v) is 7.63. The Hall–Kier alpha value is -1.54. The van der Waals surface area contributed by atoms with Gasteiger partial charge < -0.3 is 9.47 Å². The van der Waals surface area contributed by atoms with E-state index in [2.05, 4.69) is 43.3 Å². The molecule has 0 spiro atoms. The van der Waals surface area contributed by atoms with E-state index in [1.54, 1.807) is 0 Å². The molecule has 2 heteroatoms. The highest BCUT2D eigenvalue weighted by Gasteiger charge is 2.23. The molecule has 20 heavy (non-hydrogen) atoms. The molecule has 0 bridgehead atoms. The summed E-state index contributed by atoms with van der Waals surface area (Å²) in [7, 11) is 0. The summed E-state index contributed by atoms with van der Waals surface area (Å²) in [4.78, 5) is 0. The molecule has 1 aliphatic rings. The minimum atomic E-state index is 0.304. The monoisotopic (exact) mass is 270 g/mol. The standard InChI is InChI=1S/C18H22O2/c1-2-3-4-7-14-10-11-18(20-13-15-12-19-15)17-9-6-5-8-16(14)17/h5-6,8-11,15H,2-4,7,12-13H2,1H3. The van der Waals surface area contributed by atoms with Crippen LogP contribution in [0.5, 0.6) is 5.75 Å². The maximum absolute atomic E-state index is 5.90. The Morgan fingerprint density at radius 1 is 1.10 bits per heavy atom. The molecule has 2 aromatic carbocycles. The molecule has 2 nitrogen and oxygen atoms in total. The summed E-state index contributed by atoms with van der Waals surface area (Å²) in [5, 5.41) is 2.56. The Labute approximate surface area is 120 Å². The number of rotatable bonds is 7. The van der Waals surface area contributed by atoms with Gasteiger partial charge in [-0.25, -0.2) is 0 Å². The molecule has 0 amide bonds. The van der Waals surface area contributed by atoms with E-state index in [9.17, 15) is 0 Å². The van der Waals surface area contributed by atoms with Crippen molar-refractivity contribution in [3.05, 3.63) is 42.0 Å². The Kier molecular flexibility index (Phi) is 4.22. The van der Waals surface area contributed by atoms with Gasteiger partial charge in [-0.1, -0.05) is 50.1 Å². The molecule has 2 aromatic rings. The van der Waals surface area contributed by atoms with Gasteiger partial charge in [0.15, 0.2) is 0 Å². The van der Waals surface area contributed by atoms with Gasteiger partial charge in [0, 0.05) is 5.39 Å². The molecular formula is C18H22O2. The fourth-order valence-corrected chi connectivity index (χ4v) is 2.59. The fourth-order valence-electron chi connectivity index (χ4n) is 2.59. The topological polar surface area (TPSA) is 21.8 Å². The minimum absolute atomic E-state index is 0.304. The Morgan fingerprint density at radius 2 is 1.90 bits per heavy atom. The molecule has 1 saturated heterocycles. The van der Waals surface area contributed by atoms with Crippen LogP contribution in [-0.4, -0.2) is 19.3 Å². The highest BCUT2D eigenvalue weighted by Crippen LogP contribution is 2.30. The van der Waals surface area contributed by atoms with Gasteiger partial charge in [-0.2, -0.15) is 0 Å². The molecule has 106 valence electrons. The number of ether oxygens (including phenoxy) is 2. The number of benzene rings is 2. The van der Waals surface area contributed by atoms with Gasteiger partial charge in [0.25, 0.3) is 0 Å². The van der Waals surface area contributed by atoms with Gasteiger partial charge in [-0.3, -0.25) is 0 Å². The van der Waals surface area contributed by atoms with Crippen molar-refractivity contribution in [1.82, 2.24) is 0 Å². The molecule has 1 fully saturated rings. The molecule has 0 radical (unpaired) electrons. The Bertz CT molecular complexity index is 573. The zero-order chi connectivity index (χ0) is 13.8. The molecule has 0 N–H and O–H groups in total. The van der Waals surface area contributed by atoms with Crippen LogP contribution < -0.4 is 4.74 Å². The predicted octanol–water partition coefficient (Wildman–Crippen LogP) is 4.35. The lowest BCUT2D eigenvalue weighted by Crippen LogP contribution is -2.04. The SMILES string of the molecule is CCCCCc1ccc(OCC2CO2)c2ccccc12. The molecule has 1 aliphatic heterocycles. The van der Waals surface area contributed by atoms with E-state index in [1.807, 2.05) is 0 Å². The summed E-state index contributed by atoms with van der Waals surface area (Å²) < 4.78 is 11.1. The average Bonchev–Trinajstić information content (AvgIpc) is 3.30. The summed E-state index contributed by atoms with van der Waals surface area (Å²) in [6.07, 6.45) is 5.28. The van der Waals surface area contributed by atoms with Gasteiger partial charge in [0.1, 0.15) is 18.5 Å². The normalized spacial score (nSPS) is 17.4. The lowest BCUT2D eigenvalue weighted by atomic mass is 9.99. The Balaban J connectivity index is 1.83. The third-order valence-electron chi connectivity index (χ3n) is 3.85. The summed E-state index contributed by atoms with van der Waals surface area (Å²) >= 11 is 0. The minimum Gasteiger partial charge on any atom is -0.490 e. The van der Waals surface area contributed by atoms with Gasteiger partial charge in [0.2, 0.25) is 0 Å². The second-order valence-electron chi connectivity index (χ2n) is 5.49. The van der Waals surface area contributed by atoms with Gasteiger partial charge >= 0.3 is 0 Å². The summed E-state index contributed by atoms with van der Waals surface area (Å²) in [5.41, 5.74) is 1.43. The largest absolute Gasteiger partial charge is 0.490 e. The van der Waals surface area contributed by atoms with Crippen molar-refractivity contribution in [2.24, 2.45) is 0 Å². The first-order valence-electron chi connectivity index (χ1n) is 7.63. The number of aryl methyl sites for hydroxylation is 1. The van der Waals surface area contributed by atoms with Crippen LogP contribution in [0.25, 0.3) is 10.8 Å². The summed E-state index contributed by atoms with van der Waals surface area (Å²) in [6.45, 7) is 3.75. The third kappa shape index (κ3) is 3.13. The van der Waals surface area contributed by atoms with Crippen molar-refractivity contribution < 1.29 is 9.47 Å². The summed E-state index contributed by atoms with van der Waals surface area (Å²) in [5.74, 6) is 0.982. The number of unbranched alkanes of at least 4 members (excludes halogenated alkanes) is 2. The average molecular weight is 270 g/mol.